The van der Waals surface area contributed by atoms with Crippen LogP contribution < -0.4 is 0 Å². The Morgan fingerprint density at radius 2 is 1.67 bits per heavy atom. The van der Waals surface area contributed by atoms with E-state index in [0.29, 0.717) is 45.9 Å². The van der Waals surface area contributed by atoms with Gasteiger partial charge in [-0.2, -0.15) is 0 Å². The first-order valence-corrected chi connectivity index (χ1v) is 9.30. The van der Waals surface area contributed by atoms with Crippen LogP contribution >= 0.6 is 11.3 Å². The first kappa shape index (κ1) is 17.4. The quantitative estimate of drug-likeness (QED) is 0.815. The molecular formula is C17H25N3O3S. The van der Waals surface area contributed by atoms with Crippen LogP contribution in [-0.4, -0.2) is 85.5 Å². The lowest BCUT2D eigenvalue weighted by atomic mass is 10.2. The molecule has 2 amide bonds. The van der Waals surface area contributed by atoms with Crippen molar-refractivity contribution in [3.8, 4) is 0 Å². The molecule has 24 heavy (non-hydrogen) atoms. The fourth-order valence-corrected chi connectivity index (χ4v) is 4.14. The fraction of sp³-hybridized carbons (Fsp3) is 0.647. The van der Waals surface area contributed by atoms with Gasteiger partial charge in [0.2, 0.25) is 5.91 Å². The van der Waals surface area contributed by atoms with Crippen molar-refractivity contribution in [1.82, 2.24) is 14.7 Å². The topological polar surface area (TPSA) is 53.1 Å². The summed E-state index contributed by atoms with van der Waals surface area (Å²) in [4.78, 5) is 33.2. The van der Waals surface area contributed by atoms with Crippen molar-refractivity contribution in [2.75, 3.05) is 59.0 Å². The third kappa shape index (κ3) is 3.96. The zero-order valence-corrected chi connectivity index (χ0v) is 15.2. The molecule has 3 heterocycles. The zero-order chi connectivity index (χ0) is 17.1. The first-order chi connectivity index (χ1) is 11.5. The molecule has 3 rings (SSSR count). The number of thiophene rings is 1. The molecule has 1 aromatic rings. The highest BCUT2D eigenvalue weighted by molar-refractivity contribution is 7.12. The lowest BCUT2D eigenvalue weighted by molar-refractivity contribution is -0.134. The molecule has 0 radical (unpaired) electrons. The SMILES string of the molecule is Cc1cc(C(=O)N2CCN(C(=O)CN3CCOCC3)CC2)c(C)s1. The molecule has 132 valence electrons. The van der Waals surface area contributed by atoms with Gasteiger partial charge in [0, 0.05) is 49.0 Å². The van der Waals surface area contributed by atoms with Gasteiger partial charge >= 0.3 is 0 Å². The molecular weight excluding hydrogens is 326 g/mol. The van der Waals surface area contributed by atoms with Gasteiger partial charge in [-0.3, -0.25) is 14.5 Å². The van der Waals surface area contributed by atoms with Gasteiger partial charge in [-0.15, -0.1) is 11.3 Å². The van der Waals surface area contributed by atoms with Gasteiger partial charge in [0.15, 0.2) is 0 Å². The number of carbonyl (C=O) groups is 2. The molecule has 1 aromatic heterocycles. The first-order valence-electron chi connectivity index (χ1n) is 8.49. The number of hydrogen-bond acceptors (Lipinski definition) is 5. The molecule has 0 bridgehead atoms. The predicted octanol–water partition coefficient (Wildman–Crippen LogP) is 0.982. The van der Waals surface area contributed by atoms with Crippen molar-refractivity contribution in [1.29, 1.82) is 0 Å². The van der Waals surface area contributed by atoms with Gasteiger partial charge in [-0.05, 0) is 19.9 Å². The lowest BCUT2D eigenvalue weighted by Gasteiger charge is -2.36. The van der Waals surface area contributed by atoms with Crippen LogP contribution in [0.5, 0.6) is 0 Å². The van der Waals surface area contributed by atoms with E-state index in [4.69, 9.17) is 4.74 Å². The maximum atomic E-state index is 12.6. The summed E-state index contributed by atoms with van der Waals surface area (Å²) in [6.07, 6.45) is 0. The Balaban J connectivity index is 1.50. The summed E-state index contributed by atoms with van der Waals surface area (Å²) in [7, 11) is 0. The van der Waals surface area contributed by atoms with Crippen molar-refractivity contribution >= 4 is 23.2 Å². The summed E-state index contributed by atoms with van der Waals surface area (Å²) in [5, 5.41) is 0. The molecule has 0 unspecified atom stereocenters. The van der Waals surface area contributed by atoms with Crippen LogP contribution in [0.4, 0.5) is 0 Å². The van der Waals surface area contributed by atoms with E-state index in [2.05, 4.69) is 4.90 Å². The third-order valence-corrected chi connectivity index (χ3v) is 5.62. The number of piperazine rings is 1. The molecule has 0 aliphatic carbocycles. The number of ether oxygens (including phenoxy) is 1. The Labute approximate surface area is 147 Å². The number of nitrogens with zero attached hydrogens (tertiary/aromatic N) is 3. The van der Waals surface area contributed by atoms with Crippen molar-refractivity contribution < 1.29 is 14.3 Å². The minimum atomic E-state index is 0.0946. The van der Waals surface area contributed by atoms with E-state index < -0.39 is 0 Å². The van der Waals surface area contributed by atoms with E-state index in [9.17, 15) is 9.59 Å². The molecule has 2 aliphatic heterocycles. The summed E-state index contributed by atoms with van der Waals surface area (Å²) < 4.78 is 5.31. The Hall–Kier alpha value is -1.44. The normalized spacial score (nSPS) is 19.6. The summed E-state index contributed by atoms with van der Waals surface area (Å²) in [5.41, 5.74) is 0.811. The second-order valence-electron chi connectivity index (χ2n) is 6.39. The van der Waals surface area contributed by atoms with Crippen molar-refractivity contribution in [2.24, 2.45) is 0 Å². The number of hydrogen-bond donors (Lipinski definition) is 0. The summed E-state index contributed by atoms with van der Waals surface area (Å²) >= 11 is 1.66. The van der Waals surface area contributed by atoms with E-state index in [-0.39, 0.29) is 11.8 Å². The van der Waals surface area contributed by atoms with Crippen LogP contribution in [0.2, 0.25) is 0 Å². The van der Waals surface area contributed by atoms with E-state index in [1.165, 1.54) is 0 Å². The maximum absolute atomic E-state index is 12.6. The highest BCUT2D eigenvalue weighted by atomic mass is 32.1. The van der Waals surface area contributed by atoms with E-state index in [1.54, 1.807) is 11.3 Å². The summed E-state index contributed by atoms with van der Waals surface area (Å²) in [5.74, 6) is 0.253. The van der Waals surface area contributed by atoms with Gasteiger partial charge in [-0.1, -0.05) is 0 Å². The average molecular weight is 351 g/mol. The van der Waals surface area contributed by atoms with Crippen LogP contribution in [0.3, 0.4) is 0 Å². The number of rotatable bonds is 3. The van der Waals surface area contributed by atoms with Gasteiger partial charge < -0.3 is 14.5 Å². The Kier molecular flexibility index (Phi) is 5.53. The molecule has 7 heteroatoms. The smallest absolute Gasteiger partial charge is 0.255 e. The second kappa shape index (κ2) is 7.63. The summed E-state index contributed by atoms with van der Waals surface area (Å²) in [6, 6.07) is 1.97. The lowest BCUT2D eigenvalue weighted by Crippen LogP contribution is -2.53. The van der Waals surface area contributed by atoms with Crippen LogP contribution in [0.1, 0.15) is 20.1 Å². The molecule has 0 saturated carbocycles. The molecule has 0 aromatic carbocycles. The zero-order valence-electron chi connectivity index (χ0n) is 14.4. The third-order valence-electron chi connectivity index (χ3n) is 4.65. The molecule has 6 nitrogen and oxygen atoms in total. The Bertz CT molecular complexity index is 602. The van der Waals surface area contributed by atoms with Crippen LogP contribution in [-0.2, 0) is 9.53 Å². The highest BCUT2D eigenvalue weighted by Crippen LogP contribution is 2.22. The summed E-state index contributed by atoms with van der Waals surface area (Å²) in [6.45, 7) is 9.99. The fourth-order valence-electron chi connectivity index (χ4n) is 3.22. The molecule has 2 fully saturated rings. The van der Waals surface area contributed by atoms with Crippen LogP contribution in [0, 0.1) is 13.8 Å². The van der Waals surface area contributed by atoms with Gasteiger partial charge in [0.1, 0.15) is 0 Å². The van der Waals surface area contributed by atoms with E-state index >= 15 is 0 Å². The minimum absolute atomic E-state index is 0.0946. The molecule has 0 atom stereocenters. The van der Waals surface area contributed by atoms with E-state index in [0.717, 1.165) is 28.4 Å². The molecule has 0 spiro atoms. The predicted molar refractivity (Wildman–Crippen MR) is 93.5 cm³/mol. The van der Waals surface area contributed by atoms with Crippen LogP contribution in [0.25, 0.3) is 0 Å². The number of morpholine rings is 1. The van der Waals surface area contributed by atoms with Crippen LogP contribution in [0.15, 0.2) is 6.07 Å². The largest absolute Gasteiger partial charge is 0.379 e. The van der Waals surface area contributed by atoms with Crippen molar-refractivity contribution in [2.45, 2.75) is 13.8 Å². The highest BCUT2D eigenvalue weighted by Gasteiger charge is 2.27. The van der Waals surface area contributed by atoms with Crippen molar-refractivity contribution in [3.63, 3.8) is 0 Å². The number of carbonyl (C=O) groups excluding carboxylic acids is 2. The maximum Gasteiger partial charge on any atom is 0.255 e. The molecule has 2 aliphatic rings. The number of amides is 2. The van der Waals surface area contributed by atoms with Gasteiger partial charge in [0.05, 0.1) is 25.3 Å². The Morgan fingerprint density at radius 1 is 1.04 bits per heavy atom. The monoisotopic (exact) mass is 351 g/mol. The Morgan fingerprint density at radius 3 is 2.25 bits per heavy atom. The minimum Gasteiger partial charge on any atom is -0.379 e. The molecule has 2 saturated heterocycles. The van der Waals surface area contributed by atoms with Gasteiger partial charge in [-0.25, -0.2) is 0 Å². The second-order valence-corrected chi connectivity index (χ2v) is 7.85. The van der Waals surface area contributed by atoms with Crippen molar-refractivity contribution in [3.05, 3.63) is 21.4 Å². The van der Waals surface area contributed by atoms with Gasteiger partial charge in [0.25, 0.3) is 5.91 Å². The standard InChI is InChI=1S/C17H25N3O3S/c1-13-11-15(14(2)24-13)17(22)20-5-3-19(4-6-20)16(21)12-18-7-9-23-10-8-18/h11H,3-10,12H2,1-2H3. The van der Waals surface area contributed by atoms with E-state index in [1.807, 2.05) is 29.7 Å². The number of aryl methyl sites for hydroxylation is 2. The molecule has 0 N–H and O–H groups in total. The average Bonchev–Trinajstić information content (AvgIpc) is 2.93.